The molecule has 2 aromatic carbocycles. The first kappa shape index (κ1) is 23.6. The second-order valence-electron chi connectivity index (χ2n) is 6.37. The quantitative estimate of drug-likeness (QED) is 0.677. The summed E-state index contributed by atoms with van der Waals surface area (Å²) in [5.74, 6) is 0. The molecule has 0 radical (unpaired) electrons. The number of sulfonamides is 2. The molecule has 3 rings (SSSR count). The van der Waals surface area contributed by atoms with E-state index in [1.807, 2.05) is 0 Å². The van der Waals surface area contributed by atoms with Gasteiger partial charge in [0.15, 0.2) is 5.17 Å². The van der Waals surface area contributed by atoms with Gasteiger partial charge in [-0.2, -0.15) is 25.9 Å². The van der Waals surface area contributed by atoms with Crippen molar-refractivity contribution < 1.29 is 30.0 Å². The number of amidine groups is 1. The number of benzene rings is 2. The van der Waals surface area contributed by atoms with Crippen molar-refractivity contribution in [3.8, 4) is 0 Å². The number of nitrogens with one attached hydrogen (secondary N) is 1. The van der Waals surface area contributed by atoms with Gasteiger partial charge in [-0.3, -0.25) is 0 Å². The lowest BCUT2D eigenvalue weighted by Crippen LogP contribution is -2.30. The molecule has 0 saturated heterocycles. The molecule has 0 unspecified atom stereocenters. The minimum Gasteiger partial charge on any atom is -0.334 e. The third-order valence-electron chi connectivity index (χ3n) is 4.41. The van der Waals surface area contributed by atoms with Crippen LogP contribution in [0.4, 0.5) is 18.9 Å². The highest BCUT2D eigenvalue weighted by Crippen LogP contribution is 2.37. The van der Waals surface area contributed by atoms with Crippen molar-refractivity contribution in [2.45, 2.75) is 34.7 Å². The Kier molecular flexibility index (Phi) is 6.42. The van der Waals surface area contributed by atoms with Crippen molar-refractivity contribution in [3.63, 3.8) is 0 Å². The van der Waals surface area contributed by atoms with Crippen LogP contribution in [-0.4, -0.2) is 39.4 Å². The van der Waals surface area contributed by atoms with Gasteiger partial charge in [0, 0.05) is 23.7 Å². The fourth-order valence-electron chi connectivity index (χ4n) is 2.84. The molecule has 0 aliphatic carbocycles. The van der Waals surface area contributed by atoms with Gasteiger partial charge in [-0.25, -0.2) is 8.42 Å². The summed E-state index contributed by atoms with van der Waals surface area (Å²) >= 11 is 0.932. The molecule has 0 amide bonds. The van der Waals surface area contributed by atoms with Gasteiger partial charge >= 0.3 is 6.18 Å². The van der Waals surface area contributed by atoms with Gasteiger partial charge in [0.25, 0.3) is 10.0 Å². The van der Waals surface area contributed by atoms with Crippen LogP contribution in [0, 0.1) is 0 Å². The van der Waals surface area contributed by atoms with Crippen molar-refractivity contribution in [3.05, 3.63) is 48.0 Å². The Morgan fingerprint density at radius 2 is 1.68 bits per heavy atom. The van der Waals surface area contributed by atoms with Crippen molar-refractivity contribution in [1.29, 1.82) is 0 Å². The van der Waals surface area contributed by atoms with Crippen molar-refractivity contribution in [2.24, 2.45) is 4.40 Å². The largest absolute Gasteiger partial charge is 0.416 e. The number of thioether (sulfide) groups is 1. The Balaban J connectivity index is 1.90. The number of fused-ring (bicyclic) bond motifs is 1. The van der Waals surface area contributed by atoms with E-state index in [-0.39, 0.29) is 38.6 Å². The van der Waals surface area contributed by atoms with Crippen LogP contribution in [0.25, 0.3) is 0 Å². The fraction of sp³-hybridized carbons (Fsp3) is 0.278. The lowest BCUT2D eigenvalue weighted by Gasteiger charge is -2.21. The van der Waals surface area contributed by atoms with Gasteiger partial charge < -0.3 is 5.32 Å². The molecule has 13 heteroatoms. The van der Waals surface area contributed by atoms with E-state index in [9.17, 15) is 30.0 Å². The lowest BCUT2D eigenvalue weighted by molar-refractivity contribution is -0.137. The molecule has 0 bridgehead atoms. The standard InChI is InChI=1S/C18H18F3N3O4S3/c1-3-24(4-2)31(27,28)14-9-10-15-16(11-14)30(25,26)23-17(29-15)22-13-7-5-12(6-8-13)18(19,20)21/h5-11H,3-4H2,1-2H3,(H,22,23). The Hall–Kier alpha value is -2.09. The van der Waals surface area contributed by atoms with E-state index in [0.29, 0.717) is 0 Å². The molecule has 0 spiro atoms. The number of hydrogen-bond donors (Lipinski definition) is 1. The Labute approximate surface area is 182 Å². The van der Waals surface area contributed by atoms with Crippen molar-refractivity contribution >= 4 is 42.7 Å². The van der Waals surface area contributed by atoms with E-state index >= 15 is 0 Å². The molecule has 0 atom stereocenters. The van der Waals surface area contributed by atoms with Gasteiger partial charge in [-0.15, -0.1) is 4.40 Å². The van der Waals surface area contributed by atoms with Crippen molar-refractivity contribution in [2.75, 3.05) is 18.4 Å². The number of alkyl halides is 3. The zero-order chi connectivity index (χ0) is 23.0. The average Bonchev–Trinajstić information content (AvgIpc) is 2.67. The van der Waals surface area contributed by atoms with E-state index in [1.54, 1.807) is 13.8 Å². The zero-order valence-electron chi connectivity index (χ0n) is 16.3. The lowest BCUT2D eigenvalue weighted by atomic mass is 10.2. The Morgan fingerprint density at radius 1 is 1.06 bits per heavy atom. The number of rotatable bonds is 5. The second-order valence-corrected chi connectivity index (χ2v) is 10.9. The molecule has 168 valence electrons. The topological polar surface area (TPSA) is 95.9 Å². The second kappa shape index (κ2) is 8.45. The van der Waals surface area contributed by atoms with E-state index in [1.165, 1.54) is 16.4 Å². The van der Waals surface area contributed by atoms with Gasteiger partial charge in [0.2, 0.25) is 10.0 Å². The van der Waals surface area contributed by atoms with Crippen LogP contribution >= 0.6 is 11.8 Å². The Morgan fingerprint density at radius 3 is 2.23 bits per heavy atom. The monoisotopic (exact) mass is 493 g/mol. The third-order valence-corrected chi connectivity index (χ3v) is 8.98. The molecule has 1 heterocycles. The summed E-state index contributed by atoms with van der Waals surface area (Å²) < 4.78 is 93.6. The van der Waals surface area contributed by atoms with Crippen LogP contribution in [0.3, 0.4) is 0 Å². The fourth-order valence-corrected chi connectivity index (χ4v) is 6.92. The predicted octanol–water partition coefficient (Wildman–Crippen LogP) is 4.00. The molecule has 1 N–H and O–H groups in total. The first-order valence-electron chi connectivity index (χ1n) is 8.99. The number of anilines is 1. The average molecular weight is 494 g/mol. The first-order chi connectivity index (χ1) is 14.4. The molecule has 0 saturated carbocycles. The van der Waals surface area contributed by atoms with E-state index < -0.39 is 31.8 Å². The molecule has 1 aliphatic rings. The molecular weight excluding hydrogens is 475 g/mol. The zero-order valence-corrected chi connectivity index (χ0v) is 18.8. The summed E-state index contributed by atoms with van der Waals surface area (Å²) in [4.78, 5) is -0.153. The van der Waals surface area contributed by atoms with Gasteiger partial charge in [0.1, 0.15) is 4.90 Å². The highest BCUT2D eigenvalue weighted by atomic mass is 32.2. The minimum atomic E-state index is -4.49. The van der Waals surface area contributed by atoms with Crippen LogP contribution in [0.1, 0.15) is 19.4 Å². The molecule has 0 aromatic heterocycles. The van der Waals surface area contributed by atoms with Crippen LogP contribution in [0.2, 0.25) is 0 Å². The van der Waals surface area contributed by atoms with E-state index in [2.05, 4.69) is 9.71 Å². The normalized spacial score (nSPS) is 16.0. The van der Waals surface area contributed by atoms with E-state index in [0.717, 1.165) is 42.1 Å². The summed E-state index contributed by atoms with van der Waals surface area (Å²) in [7, 11) is -8.08. The number of nitrogens with zero attached hydrogens (tertiary/aromatic N) is 2. The molecule has 1 aliphatic heterocycles. The summed E-state index contributed by atoms with van der Waals surface area (Å²) in [5.41, 5.74) is -0.616. The Bertz CT molecular complexity index is 1220. The van der Waals surface area contributed by atoms with Gasteiger partial charge in [0.05, 0.1) is 10.5 Å². The summed E-state index contributed by atoms with van der Waals surface area (Å²) in [5, 5.41) is 2.61. The highest BCUT2D eigenvalue weighted by Gasteiger charge is 2.31. The van der Waals surface area contributed by atoms with Crippen LogP contribution in [0.15, 0.2) is 61.5 Å². The maximum atomic E-state index is 12.7. The van der Waals surface area contributed by atoms with Crippen LogP contribution in [0.5, 0.6) is 0 Å². The highest BCUT2D eigenvalue weighted by molar-refractivity contribution is 8.15. The molecule has 2 aromatic rings. The summed E-state index contributed by atoms with van der Waals surface area (Å²) in [6, 6.07) is 7.81. The van der Waals surface area contributed by atoms with Crippen LogP contribution in [-0.2, 0) is 26.2 Å². The first-order valence-corrected chi connectivity index (χ1v) is 12.7. The molecule has 0 fully saturated rings. The van der Waals surface area contributed by atoms with E-state index in [4.69, 9.17) is 0 Å². The maximum Gasteiger partial charge on any atom is 0.416 e. The number of hydrogen-bond acceptors (Lipinski definition) is 6. The summed E-state index contributed by atoms with van der Waals surface area (Å²) in [6.07, 6.45) is -4.49. The third kappa shape index (κ3) is 4.89. The van der Waals surface area contributed by atoms with Gasteiger partial charge in [-0.1, -0.05) is 13.8 Å². The van der Waals surface area contributed by atoms with Crippen molar-refractivity contribution in [1.82, 2.24) is 4.31 Å². The molecular formula is C18H18F3N3O4S3. The number of halogens is 3. The van der Waals surface area contributed by atoms with Crippen LogP contribution < -0.4 is 5.32 Å². The molecule has 31 heavy (non-hydrogen) atoms. The maximum absolute atomic E-state index is 12.7. The minimum absolute atomic E-state index is 0.0633. The van der Waals surface area contributed by atoms with Gasteiger partial charge in [-0.05, 0) is 54.2 Å². The molecule has 7 nitrogen and oxygen atoms in total. The SMILES string of the molecule is CCN(CC)S(=O)(=O)c1ccc2c(c1)S(=O)(=O)N=C(Nc1ccc(C(F)(F)F)cc1)S2. The summed E-state index contributed by atoms with van der Waals surface area (Å²) in [6.45, 7) is 3.82. The smallest absolute Gasteiger partial charge is 0.334 e. The predicted molar refractivity (Wildman–Crippen MR) is 112 cm³/mol.